The van der Waals surface area contributed by atoms with Gasteiger partial charge < -0.3 is 10.5 Å². The Morgan fingerprint density at radius 3 is 2.45 bits per heavy atom. The largest absolute Gasteiger partial charge is 0.490 e. The monoisotopic (exact) mass is 267 g/mol. The van der Waals surface area contributed by atoms with Gasteiger partial charge in [-0.2, -0.15) is 0 Å². The molecule has 1 fully saturated rings. The topological polar surface area (TPSA) is 35.2 Å². The summed E-state index contributed by atoms with van der Waals surface area (Å²) in [6.45, 7) is 2.13. The molecule has 1 aliphatic carbocycles. The maximum atomic E-state index is 6.32. The number of aryl methyl sites for hydroxylation is 1. The maximum Gasteiger partial charge on any atom is 0.119 e. The van der Waals surface area contributed by atoms with Gasteiger partial charge in [-0.05, 0) is 55.0 Å². The normalized spacial score (nSPS) is 15.9. The number of rotatable bonds is 5. The molecule has 104 valence electrons. The lowest BCUT2D eigenvalue weighted by molar-refractivity contribution is 0.303. The standard InChI is InChI=1S/C18H21NO/c1-13-4-2-3-5-15(13)12-18(19)14-6-8-16(9-7-14)20-17-10-11-17/h2-9,17-18H,10-12,19H2,1H3. The van der Waals surface area contributed by atoms with Crippen LogP contribution in [0.25, 0.3) is 0 Å². The van der Waals surface area contributed by atoms with Gasteiger partial charge >= 0.3 is 0 Å². The Balaban J connectivity index is 1.67. The lowest BCUT2D eigenvalue weighted by atomic mass is 9.97. The fourth-order valence-corrected chi connectivity index (χ4v) is 2.37. The van der Waals surface area contributed by atoms with Crippen LogP contribution in [0, 0.1) is 6.92 Å². The molecule has 2 aromatic carbocycles. The molecule has 1 unspecified atom stereocenters. The van der Waals surface area contributed by atoms with Crippen LogP contribution in [-0.4, -0.2) is 6.10 Å². The van der Waals surface area contributed by atoms with Crippen LogP contribution in [0.4, 0.5) is 0 Å². The van der Waals surface area contributed by atoms with E-state index < -0.39 is 0 Å². The van der Waals surface area contributed by atoms with E-state index in [1.807, 2.05) is 12.1 Å². The van der Waals surface area contributed by atoms with Crippen molar-refractivity contribution in [3.63, 3.8) is 0 Å². The highest BCUT2D eigenvalue weighted by Crippen LogP contribution is 2.27. The molecule has 2 aromatic rings. The van der Waals surface area contributed by atoms with E-state index >= 15 is 0 Å². The van der Waals surface area contributed by atoms with Gasteiger partial charge in [0.05, 0.1) is 6.10 Å². The third-order valence-electron chi connectivity index (χ3n) is 3.84. The number of hydrogen-bond acceptors (Lipinski definition) is 2. The Morgan fingerprint density at radius 2 is 1.80 bits per heavy atom. The minimum absolute atomic E-state index is 0.0334. The van der Waals surface area contributed by atoms with Crippen molar-refractivity contribution in [3.05, 3.63) is 65.2 Å². The van der Waals surface area contributed by atoms with Gasteiger partial charge in [-0.15, -0.1) is 0 Å². The van der Waals surface area contributed by atoms with Gasteiger partial charge in [-0.25, -0.2) is 0 Å². The second-order valence-corrected chi connectivity index (χ2v) is 5.62. The van der Waals surface area contributed by atoms with Crippen molar-refractivity contribution in [1.29, 1.82) is 0 Å². The Bertz CT molecular complexity index is 572. The molecule has 1 atom stereocenters. The van der Waals surface area contributed by atoms with Gasteiger partial charge in [0, 0.05) is 6.04 Å². The smallest absolute Gasteiger partial charge is 0.119 e. The van der Waals surface area contributed by atoms with Crippen LogP contribution in [0.2, 0.25) is 0 Å². The second-order valence-electron chi connectivity index (χ2n) is 5.62. The van der Waals surface area contributed by atoms with Crippen molar-refractivity contribution < 1.29 is 4.74 Å². The Morgan fingerprint density at radius 1 is 1.10 bits per heavy atom. The minimum atomic E-state index is 0.0334. The molecule has 0 heterocycles. The SMILES string of the molecule is Cc1ccccc1CC(N)c1ccc(OC2CC2)cc1. The lowest BCUT2D eigenvalue weighted by Gasteiger charge is -2.14. The summed E-state index contributed by atoms with van der Waals surface area (Å²) in [5, 5.41) is 0. The molecule has 0 aromatic heterocycles. The van der Waals surface area contributed by atoms with E-state index in [1.165, 1.54) is 24.0 Å². The minimum Gasteiger partial charge on any atom is -0.490 e. The highest BCUT2D eigenvalue weighted by atomic mass is 16.5. The van der Waals surface area contributed by atoms with Gasteiger partial charge in [0.1, 0.15) is 5.75 Å². The van der Waals surface area contributed by atoms with E-state index in [2.05, 4.69) is 43.3 Å². The van der Waals surface area contributed by atoms with Crippen molar-refractivity contribution in [2.75, 3.05) is 0 Å². The van der Waals surface area contributed by atoms with Crippen molar-refractivity contribution in [2.45, 2.75) is 38.3 Å². The second kappa shape index (κ2) is 5.68. The van der Waals surface area contributed by atoms with Crippen LogP contribution in [-0.2, 0) is 6.42 Å². The molecule has 2 N–H and O–H groups in total. The molecule has 0 radical (unpaired) electrons. The maximum absolute atomic E-state index is 6.32. The van der Waals surface area contributed by atoms with Crippen molar-refractivity contribution >= 4 is 0 Å². The molecule has 1 aliphatic rings. The van der Waals surface area contributed by atoms with Crippen LogP contribution < -0.4 is 10.5 Å². The number of benzene rings is 2. The summed E-state index contributed by atoms with van der Waals surface area (Å²) >= 11 is 0. The summed E-state index contributed by atoms with van der Waals surface area (Å²) in [7, 11) is 0. The first kappa shape index (κ1) is 13.2. The predicted molar refractivity (Wildman–Crippen MR) is 81.9 cm³/mol. The van der Waals surface area contributed by atoms with Gasteiger partial charge in [0.15, 0.2) is 0 Å². The first-order valence-electron chi connectivity index (χ1n) is 7.29. The fraction of sp³-hybridized carbons (Fsp3) is 0.333. The predicted octanol–water partition coefficient (Wildman–Crippen LogP) is 3.78. The zero-order valence-electron chi connectivity index (χ0n) is 11.9. The number of hydrogen-bond donors (Lipinski definition) is 1. The van der Waals surface area contributed by atoms with Crippen LogP contribution in [0.15, 0.2) is 48.5 Å². The highest BCUT2D eigenvalue weighted by Gasteiger charge is 2.23. The molecule has 0 bridgehead atoms. The molecular formula is C18H21NO. The quantitative estimate of drug-likeness (QED) is 0.894. The summed E-state index contributed by atoms with van der Waals surface area (Å²) < 4.78 is 5.76. The molecular weight excluding hydrogens is 246 g/mol. The Labute approximate surface area is 120 Å². The molecule has 0 saturated heterocycles. The molecule has 0 spiro atoms. The van der Waals surface area contributed by atoms with Crippen molar-refractivity contribution in [2.24, 2.45) is 5.73 Å². The van der Waals surface area contributed by atoms with Crippen molar-refractivity contribution in [1.82, 2.24) is 0 Å². The number of nitrogens with two attached hydrogens (primary N) is 1. The Hall–Kier alpha value is -1.80. The summed E-state index contributed by atoms with van der Waals surface area (Å²) in [5.41, 5.74) is 10.1. The molecule has 2 heteroatoms. The van der Waals surface area contributed by atoms with E-state index in [0.717, 1.165) is 17.7 Å². The van der Waals surface area contributed by atoms with Crippen LogP contribution >= 0.6 is 0 Å². The first-order valence-corrected chi connectivity index (χ1v) is 7.29. The van der Waals surface area contributed by atoms with E-state index in [-0.39, 0.29) is 6.04 Å². The highest BCUT2D eigenvalue weighted by molar-refractivity contribution is 5.32. The number of ether oxygens (including phenoxy) is 1. The fourth-order valence-electron chi connectivity index (χ4n) is 2.37. The van der Waals surface area contributed by atoms with E-state index in [1.54, 1.807) is 0 Å². The summed E-state index contributed by atoms with van der Waals surface area (Å²) in [6, 6.07) is 16.7. The van der Waals surface area contributed by atoms with Gasteiger partial charge in [-0.3, -0.25) is 0 Å². The zero-order chi connectivity index (χ0) is 13.9. The van der Waals surface area contributed by atoms with E-state index in [9.17, 15) is 0 Å². The van der Waals surface area contributed by atoms with Gasteiger partial charge in [-0.1, -0.05) is 36.4 Å². The molecule has 0 aliphatic heterocycles. The average Bonchev–Trinajstić information content (AvgIpc) is 3.26. The van der Waals surface area contributed by atoms with Gasteiger partial charge in [0.25, 0.3) is 0 Å². The summed E-state index contributed by atoms with van der Waals surface area (Å²) in [5.74, 6) is 0.958. The third-order valence-corrected chi connectivity index (χ3v) is 3.84. The molecule has 1 saturated carbocycles. The third kappa shape index (κ3) is 3.20. The lowest BCUT2D eigenvalue weighted by Crippen LogP contribution is -2.14. The average molecular weight is 267 g/mol. The van der Waals surface area contributed by atoms with E-state index in [4.69, 9.17) is 10.5 Å². The molecule has 20 heavy (non-hydrogen) atoms. The van der Waals surface area contributed by atoms with Crippen LogP contribution in [0.1, 0.15) is 35.6 Å². The van der Waals surface area contributed by atoms with E-state index in [0.29, 0.717) is 6.10 Å². The van der Waals surface area contributed by atoms with Crippen LogP contribution in [0.3, 0.4) is 0 Å². The first-order chi connectivity index (χ1) is 9.72. The molecule has 0 amide bonds. The van der Waals surface area contributed by atoms with Crippen molar-refractivity contribution in [3.8, 4) is 5.75 Å². The van der Waals surface area contributed by atoms with Crippen LogP contribution in [0.5, 0.6) is 5.75 Å². The zero-order valence-corrected chi connectivity index (χ0v) is 11.9. The summed E-state index contributed by atoms with van der Waals surface area (Å²) in [4.78, 5) is 0. The Kier molecular flexibility index (Phi) is 3.75. The summed E-state index contributed by atoms with van der Waals surface area (Å²) in [6.07, 6.45) is 3.69. The molecule has 2 nitrogen and oxygen atoms in total. The molecule has 3 rings (SSSR count). The van der Waals surface area contributed by atoms with Gasteiger partial charge in [0.2, 0.25) is 0 Å².